The van der Waals surface area contributed by atoms with Crippen molar-refractivity contribution in [2.45, 2.75) is 13.5 Å². The Balaban J connectivity index is 1.95. The molecule has 0 aliphatic carbocycles. The Morgan fingerprint density at radius 2 is 1.96 bits per heavy atom. The molecule has 1 aromatic heterocycles. The molecule has 0 unspecified atom stereocenters. The van der Waals surface area contributed by atoms with E-state index in [0.29, 0.717) is 28.8 Å². The molecule has 0 amide bonds. The molecule has 2 heterocycles. The Kier molecular flexibility index (Phi) is 4.95. The molecule has 1 N–H and O–H groups in total. The maximum Gasteiger partial charge on any atom is 0.266 e. The van der Waals surface area contributed by atoms with Crippen LogP contribution >= 0.6 is 11.6 Å². The van der Waals surface area contributed by atoms with Crippen molar-refractivity contribution in [1.82, 2.24) is 19.8 Å². The quantitative estimate of drug-likeness (QED) is 0.752. The molecule has 5 nitrogen and oxygen atoms in total. The highest BCUT2D eigenvalue weighted by molar-refractivity contribution is 6.32. The molecule has 2 aromatic carbocycles. The van der Waals surface area contributed by atoms with E-state index in [0.717, 1.165) is 26.2 Å². The largest absolute Gasteiger partial charge is 0.314 e. The van der Waals surface area contributed by atoms with Crippen molar-refractivity contribution in [1.29, 1.82) is 0 Å². The number of para-hydroxylation sites is 1. The zero-order valence-corrected chi connectivity index (χ0v) is 15.8. The van der Waals surface area contributed by atoms with Crippen LogP contribution in [0.5, 0.6) is 0 Å². The maximum absolute atomic E-state index is 14.8. The number of nitrogens with one attached hydrogen (secondary N) is 1. The summed E-state index contributed by atoms with van der Waals surface area (Å²) in [5.41, 5.74) is 1.06. The van der Waals surface area contributed by atoms with Gasteiger partial charge in [-0.3, -0.25) is 14.3 Å². The number of rotatable bonds is 3. The molecule has 0 atom stereocenters. The van der Waals surface area contributed by atoms with Gasteiger partial charge in [0.05, 0.1) is 22.5 Å². The number of halogens is 2. The lowest BCUT2D eigenvalue weighted by Crippen LogP contribution is -2.44. The van der Waals surface area contributed by atoms with Crippen molar-refractivity contribution >= 4 is 22.5 Å². The number of fused-ring (bicyclic) bond motifs is 1. The number of benzene rings is 2. The molecule has 27 heavy (non-hydrogen) atoms. The molecule has 3 aromatic rings. The third-order valence-corrected chi connectivity index (χ3v) is 5.09. The van der Waals surface area contributed by atoms with Crippen molar-refractivity contribution < 1.29 is 4.39 Å². The second kappa shape index (κ2) is 7.38. The summed E-state index contributed by atoms with van der Waals surface area (Å²) >= 11 is 6.36. The molecular weight excluding hydrogens is 367 g/mol. The third kappa shape index (κ3) is 3.48. The minimum atomic E-state index is -0.527. The van der Waals surface area contributed by atoms with E-state index in [4.69, 9.17) is 11.6 Å². The second-order valence-corrected chi connectivity index (χ2v) is 7.20. The maximum atomic E-state index is 14.8. The molecule has 1 aliphatic heterocycles. The smallest absolute Gasteiger partial charge is 0.266 e. The summed E-state index contributed by atoms with van der Waals surface area (Å²) in [6.07, 6.45) is 0. The Bertz CT molecular complexity index is 1040. The lowest BCUT2D eigenvalue weighted by atomic mass is 10.2. The van der Waals surface area contributed by atoms with Gasteiger partial charge in [0.25, 0.3) is 5.56 Å². The third-order valence-electron chi connectivity index (χ3n) is 4.80. The van der Waals surface area contributed by atoms with Crippen LogP contribution in [-0.4, -0.2) is 40.6 Å². The van der Waals surface area contributed by atoms with Gasteiger partial charge >= 0.3 is 0 Å². The Hall–Kier alpha value is -2.28. The summed E-state index contributed by atoms with van der Waals surface area (Å²) in [6, 6.07) is 10.2. The first-order chi connectivity index (χ1) is 13.0. The molecule has 4 rings (SSSR count). The fourth-order valence-corrected chi connectivity index (χ4v) is 3.84. The average molecular weight is 387 g/mol. The van der Waals surface area contributed by atoms with E-state index in [1.165, 1.54) is 10.6 Å². The summed E-state index contributed by atoms with van der Waals surface area (Å²) in [6.45, 7) is 5.64. The molecule has 0 spiro atoms. The van der Waals surface area contributed by atoms with Crippen LogP contribution in [0, 0.1) is 12.7 Å². The van der Waals surface area contributed by atoms with Crippen molar-refractivity contribution in [3.63, 3.8) is 0 Å². The fourth-order valence-electron chi connectivity index (χ4n) is 3.49. The zero-order valence-electron chi connectivity index (χ0n) is 15.0. The molecule has 0 bridgehead atoms. The Labute approximate surface area is 161 Å². The predicted molar refractivity (Wildman–Crippen MR) is 105 cm³/mol. The van der Waals surface area contributed by atoms with Crippen molar-refractivity contribution in [2.24, 2.45) is 0 Å². The van der Waals surface area contributed by atoms with Crippen LogP contribution in [-0.2, 0) is 6.54 Å². The van der Waals surface area contributed by atoms with E-state index in [2.05, 4.69) is 15.2 Å². The van der Waals surface area contributed by atoms with Gasteiger partial charge in [0.15, 0.2) is 0 Å². The van der Waals surface area contributed by atoms with Gasteiger partial charge in [0.2, 0.25) is 0 Å². The SMILES string of the molecule is Cc1cc(F)c(-n2c(CN3CCNCC3)nc3ccccc3c2=O)c(Cl)c1. The minimum absolute atomic E-state index is 0.0654. The highest BCUT2D eigenvalue weighted by Gasteiger charge is 2.21. The first kappa shape index (κ1) is 18.1. The fraction of sp³-hybridized carbons (Fsp3) is 0.300. The predicted octanol–water partition coefficient (Wildman–Crippen LogP) is 2.89. The van der Waals surface area contributed by atoms with Crippen LogP contribution in [0.3, 0.4) is 0 Å². The van der Waals surface area contributed by atoms with Crippen molar-refractivity contribution in [2.75, 3.05) is 26.2 Å². The summed E-state index contributed by atoms with van der Waals surface area (Å²) in [7, 11) is 0. The second-order valence-electron chi connectivity index (χ2n) is 6.79. The molecule has 1 aliphatic rings. The Morgan fingerprint density at radius 3 is 2.70 bits per heavy atom. The number of aryl methyl sites for hydroxylation is 1. The molecular formula is C20H20ClFN4O. The van der Waals surface area contributed by atoms with E-state index in [1.54, 1.807) is 31.2 Å². The van der Waals surface area contributed by atoms with Crippen LogP contribution in [0.2, 0.25) is 5.02 Å². The topological polar surface area (TPSA) is 50.2 Å². The summed E-state index contributed by atoms with van der Waals surface area (Å²) < 4.78 is 16.2. The number of hydrogen-bond acceptors (Lipinski definition) is 4. The monoisotopic (exact) mass is 386 g/mol. The Morgan fingerprint density at radius 1 is 1.22 bits per heavy atom. The number of nitrogens with zero attached hydrogens (tertiary/aromatic N) is 3. The van der Waals surface area contributed by atoms with E-state index < -0.39 is 5.82 Å². The normalized spacial score (nSPS) is 15.4. The highest BCUT2D eigenvalue weighted by Crippen LogP contribution is 2.26. The highest BCUT2D eigenvalue weighted by atomic mass is 35.5. The van der Waals surface area contributed by atoms with Crippen LogP contribution in [0.1, 0.15) is 11.4 Å². The standard InChI is InChI=1S/C20H20ClFN4O/c1-13-10-15(21)19(16(22)11-13)26-18(12-25-8-6-23-7-9-25)24-17-5-3-2-4-14(17)20(26)27/h2-5,10-11,23H,6-9,12H2,1H3. The molecule has 1 saturated heterocycles. The van der Waals surface area contributed by atoms with E-state index >= 15 is 0 Å². The number of piperazine rings is 1. The summed E-state index contributed by atoms with van der Waals surface area (Å²) in [5, 5.41) is 3.94. The van der Waals surface area contributed by atoms with Gasteiger partial charge in [-0.15, -0.1) is 0 Å². The van der Waals surface area contributed by atoms with Gasteiger partial charge in [-0.25, -0.2) is 9.37 Å². The first-order valence-corrected chi connectivity index (χ1v) is 9.32. The first-order valence-electron chi connectivity index (χ1n) is 8.94. The number of aromatic nitrogens is 2. The molecule has 7 heteroatoms. The lowest BCUT2D eigenvalue weighted by Gasteiger charge is -2.28. The van der Waals surface area contributed by atoms with Gasteiger partial charge < -0.3 is 5.32 Å². The zero-order chi connectivity index (χ0) is 19.0. The molecule has 140 valence electrons. The van der Waals surface area contributed by atoms with E-state index in [-0.39, 0.29) is 16.3 Å². The van der Waals surface area contributed by atoms with Gasteiger partial charge in [0, 0.05) is 26.2 Å². The van der Waals surface area contributed by atoms with Crippen molar-refractivity contribution in [3.05, 3.63) is 69.0 Å². The van der Waals surface area contributed by atoms with Crippen LogP contribution in [0.4, 0.5) is 4.39 Å². The molecule has 1 fully saturated rings. The van der Waals surface area contributed by atoms with Gasteiger partial charge in [-0.2, -0.15) is 0 Å². The van der Waals surface area contributed by atoms with Gasteiger partial charge in [0.1, 0.15) is 17.3 Å². The minimum Gasteiger partial charge on any atom is -0.314 e. The van der Waals surface area contributed by atoms with E-state index in [1.807, 2.05) is 6.07 Å². The number of hydrogen-bond donors (Lipinski definition) is 1. The van der Waals surface area contributed by atoms with Crippen molar-refractivity contribution in [3.8, 4) is 5.69 Å². The van der Waals surface area contributed by atoms with Crippen LogP contribution in [0.15, 0.2) is 41.2 Å². The van der Waals surface area contributed by atoms with E-state index in [9.17, 15) is 9.18 Å². The van der Waals surface area contributed by atoms with Crippen LogP contribution < -0.4 is 10.9 Å². The van der Waals surface area contributed by atoms with Crippen LogP contribution in [0.25, 0.3) is 16.6 Å². The summed E-state index contributed by atoms with van der Waals surface area (Å²) in [5.74, 6) is -0.0361. The molecule has 0 saturated carbocycles. The van der Waals surface area contributed by atoms with Gasteiger partial charge in [-0.05, 0) is 36.8 Å². The van der Waals surface area contributed by atoms with Gasteiger partial charge in [-0.1, -0.05) is 23.7 Å². The summed E-state index contributed by atoms with van der Waals surface area (Å²) in [4.78, 5) is 20.1. The lowest BCUT2D eigenvalue weighted by molar-refractivity contribution is 0.226. The molecule has 0 radical (unpaired) electrons. The average Bonchev–Trinajstić information content (AvgIpc) is 2.64.